The van der Waals surface area contributed by atoms with E-state index < -0.39 is 0 Å². The topological polar surface area (TPSA) is 46.3 Å². The Morgan fingerprint density at radius 2 is 2.14 bits per heavy atom. The molecular formula is C18H24N2O. The van der Waals surface area contributed by atoms with E-state index in [4.69, 9.17) is 5.73 Å². The van der Waals surface area contributed by atoms with Crippen LogP contribution in [0.1, 0.15) is 49.3 Å². The van der Waals surface area contributed by atoms with Crippen LogP contribution in [0, 0.1) is 18.8 Å². The first-order valence-electron chi connectivity index (χ1n) is 8.22. The van der Waals surface area contributed by atoms with Crippen LogP contribution in [0.3, 0.4) is 0 Å². The van der Waals surface area contributed by atoms with Gasteiger partial charge in [0.25, 0.3) is 0 Å². The number of hydrogen-bond donors (Lipinski definition) is 1. The fraction of sp³-hybridized carbons (Fsp3) is 0.611. The number of nitrogens with zero attached hydrogens (tertiary/aromatic N) is 1. The van der Waals surface area contributed by atoms with Crippen molar-refractivity contribution >= 4 is 5.91 Å². The fourth-order valence-corrected chi connectivity index (χ4v) is 4.80. The van der Waals surface area contributed by atoms with Crippen LogP contribution in [0.4, 0.5) is 0 Å². The van der Waals surface area contributed by atoms with Crippen molar-refractivity contribution in [1.29, 1.82) is 0 Å². The minimum atomic E-state index is -0.0104. The fourth-order valence-electron chi connectivity index (χ4n) is 4.80. The van der Waals surface area contributed by atoms with Crippen molar-refractivity contribution < 1.29 is 4.79 Å². The van der Waals surface area contributed by atoms with Gasteiger partial charge in [-0.05, 0) is 50.5 Å². The molecule has 21 heavy (non-hydrogen) atoms. The number of nitrogens with two attached hydrogens (primary N) is 1. The first-order chi connectivity index (χ1) is 10.1. The third-order valence-corrected chi connectivity index (χ3v) is 5.81. The molecule has 2 bridgehead atoms. The summed E-state index contributed by atoms with van der Waals surface area (Å²) in [6, 6.07) is 8.91. The maximum absolute atomic E-state index is 13.0. The monoisotopic (exact) mass is 284 g/mol. The molecule has 0 aromatic heterocycles. The van der Waals surface area contributed by atoms with Crippen molar-refractivity contribution in [1.82, 2.24) is 4.90 Å². The highest BCUT2D eigenvalue weighted by molar-refractivity contribution is 5.81. The van der Waals surface area contributed by atoms with E-state index in [0.29, 0.717) is 11.8 Å². The summed E-state index contributed by atoms with van der Waals surface area (Å²) in [7, 11) is 0. The number of hydrogen-bond acceptors (Lipinski definition) is 2. The third-order valence-electron chi connectivity index (χ3n) is 5.81. The average molecular weight is 284 g/mol. The molecule has 1 unspecified atom stereocenters. The van der Waals surface area contributed by atoms with E-state index in [-0.39, 0.29) is 17.5 Å². The minimum absolute atomic E-state index is 0.0104. The van der Waals surface area contributed by atoms with Crippen LogP contribution in [0.25, 0.3) is 0 Å². The number of rotatable bonds is 2. The zero-order valence-electron chi connectivity index (χ0n) is 12.7. The number of aryl methyl sites for hydroxylation is 1. The van der Waals surface area contributed by atoms with Crippen molar-refractivity contribution in [2.24, 2.45) is 17.6 Å². The molecule has 1 aliphatic heterocycles. The quantitative estimate of drug-likeness (QED) is 0.907. The van der Waals surface area contributed by atoms with Gasteiger partial charge in [0.05, 0.1) is 6.04 Å². The Morgan fingerprint density at radius 1 is 1.33 bits per heavy atom. The second kappa shape index (κ2) is 4.57. The summed E-state index contributed by atoms with van der Waals surface area (Å²) >= 11 is 0. The number of fused-ring (bicyclic) bond motifs is 1. The van der Waals surface area contributed by atoms with Gasteiger partial charge in [-0.2, -0.15) is 0 Å². The van der Waals surface area contributed by atoms with E-state index in [0.717, 1.165) is 38.6 Å². The van der Waals surface area contributed by atoms with E-state index in [1.165, 1.54) is 11.1 Å². The molecule has 0 radical (unpaired) electrons. The van der Waals surface area contributed by atoms with Crippen LogP contribution in [0.15, 0.2) is 24.3 Å². The Balaban J connectivity index is 1.55. The van der Waals surface area contributed by atoms with E-state index in [1.54, 1.807) is 0 Å². The van der Waals surface area contributed by atoms with Crippen molar-refractivity contribution in [3.8, 4) is 0 Å². The SMILES string of the molecule is Cc1cccc(C2CCCN2C(=O)[C@H]2CC3(N)CC2C3)c1. The molecule has 1 heterocycles. The van der Waals surface area contributed by atoms with Crippen molar-refractivity contribution in [3.05, 3.63) is 35.4 Å². The van der Waals surface area contributed by atoms with Gasteiger partial charge in [0, 0.05) is 18.0 Å². The second-order valence-electron chi connectivity index (χ2n) is 7.45. The summed E-state index contributed by atoms with van der Waals surface area (Å²) in [5, 5.41) is 0. The highest BCUT2D eigenvalue weighted by Crippen LogP contribution is 2.55. The summed E-state index contributed by atoms with van der Waals surface area (Å²) < 4.78 is 0. The Labute approximate surface area is 126 Å². The highest BCUT2D eigenvalue weighted by atomic mass is 16.2. The zero-order valence-corrected chi connectivity index (χ0v) is 12.7. The van der Waals surface area contributed by atoms with Gasteiger partial charge in [-0.1, -0.05) is 29.8 Å². The number of carbonyl (C=O) groups excluding carboxylic acids is 1. The molecule has 112 valence electrons. The highest BCUT2D eigenvalue weighted by Gasteiger charge is 2.57. The maximum atomic E-state index is 13.0. The first-order valence-corrected chi connectivity index (χ1v) is 8.22. The molecule has 1 saturated heterocycles. The molecule has 1 aromatic carbocycles. The van der Waals surface area contributed by atoms with Crippen molar-refractivity contribution in [2.75, 3.05) is 6.54 Å². The summed E-state index contributed by atoms with van der Waals surface area (Å²) in [4.78, 5) is 15.1. The summed E-state index contributed by atoms with van der Waals surface area (Å²) in [6.45, 7) is 3.03. The zero-order chi connectivity index (χ0) is 14.6. The van der Waals surface area contributed by atoms with Gasteiger partial charge in [-0.3, -0.25) is 4.79 Å². The van der Waals surface area contributed by atoms with E-state index in [1.807, 2.05) is 0 Å². The lowest BCUT2D eigenvalue weighted by Crippen LogP contribution is -2.44. The lowest BCUT2D eigenvalue weighted by Gasteiger charge is -2.35. The molecule has 3 heteroatoms. The smallest absolute Gasteiger partial charge is 0.226 e. The maximum Gasteiger partial charge on any atom is 0.226 e. The molecule has 5 rings (SSSR count). The number of amides is 1. The summed E-state index contributed by atoms with van der Waals surface area (Å²) in [6.07, 6.45) is 5.25. The van der Waals surface area contributed by atoms with Crippen LogP contribution in [-0.4, -0.2) is 22.9 Å². The predicted molar refractivity (Wildman–Crippen MR) is 82.6 cm³/mol. The number of likely N-dealkylation sites (tertiary alicyclic amines) is 1. The molecule has 4 fully saturated rings. The standard InChI is InChI=1S/C18H24N2O/c1-12-4-2-5-13(8-12)16-6-3-7-20(16)17(21)15-11-18(19)9-14(15)10-18/h2,4-5,8,14-16H,3,6-7,9-11,19H2,1H3/t14?,15-,16?,18?/m0/s1. The van der Waals surface area contributed by atoms with Gasteiger partial charge >= 0.3 is 0 Å². The van der Waals surface area contributed by atoms with Gasteiger partial charge in [0.2, 0.25) is 5.91 Å². The number of carbonyl (C=O) groups is 1. The molecule has 3 saturated carbocycles. The molecule has 4 aliphatic rings. The molecule has 1 aromatic rings. The average Bonchev–Trinajstić information content (AvgIpc) is 3.09. The van der Waals surface area contributed by atoms with Crippen molar-refractivity contribution in [3.63, 3.8) is 0 Å². The molecule has 1 amide bonds. The Kier molecular flexibility index (Phi) is 2.90. The molecule has 2 N–H and O–H groups in total. The normalized spacial score (nSPS) is 37.6. The third kappa shape index (κ3) is 2.10. The van der Waals surface area contributed by atoms with E-state index in [9.17, 15) is 4.79 Å². The molecular weight excluding hydrogens is 260 g/mol. The second-order valence-corrected chi connectivity index (χ2v) is 7.45. The van der Waals surface area contributed by atoms with Crippen LogP contribution < -0.4 is 5.73 Å². The van der Waals surface area contributed by atoms with Crippen LogP contribution in [-0.2, 0) is 4.79 Å². The van der Waals surface area contributed by atoms with E-state index in [2.05, 4.69) is 36.1 Å². The van der Waals surface area contributed by atoms with Gasteiger partial charge in [-0.25, -0.2) is 0 Å². The number of benzene rings is 1. The van der Waals surface area contributed by atoms with Gasteiger partial charge in [0.1, 0.15) is 0 Å². The first kappa shape index (κ1) is 13.3. The predicted octanol–water partition coefficient (Wildman–Crippen LogP) is 2.79. The Hall–Kier alpha value is -1.35. The molecule has 3 nitrogen and oxygen atoms in total. The van der Waals surface area contributed by atoms with Crippen LogP contribution >= 0.6 is 0 Å². The largest absolute Gasteiger partial charge is 0.335 e. The van der Waals surface area contributed by atoms with Crippen molar-refractivity contribution in [2.45, 2.75) is 50.6 Å². The lowest BCUT2D eigenvalue weighted by molar-refractivity contribution is -0.137. The Morgan fingerprint density at radius 3 is 2.81 bits per heavy atom. The van der Waals surface area contributed by atoms with Crippen LogP contribution in [0.2, 0.25) is 0 Å². The van der Waals surface area contributed by atoms with Gasteiger partial charge < -0.3 is 10.6 Å². The van der Waals surface area contributed by atoms with Gasteiger partial charge in [0.15, 0.2) is 0 Å². The van der Waals surface area contributed by atoms with Crippen LogP contribution in [0.5, 0.6) is 0 Å². The minimum Gasteiger partial charge on any atom is -0.335 e. The lowest BCUT2D eigenvalue weighted by atomic mass is 9.77. The molecule has 0 spiro atoms. The molecule has 3 aliphatic carbocycles. The molecule has 2 atom stereocenters. The summed E-state index contributed by atoms with van der Waals surface area (Å²) in [5.74, 6) is 1.12. The Bertz CT molecular complexity index is 576. The summed E-state index contributed by atoms with van der Waals surface area (Å²) in [5.41, 5.74) is 8.83. The van der Waals surface area contributed by atoms with Gasteiger partial charge in [-0.15, -0.1) is 0 Å². The van der Waals surface area contributed by atoms with E-state index >= 15 is 0 Å².